The number of hydrogen-bond donors (Lipinski definition) is 2. The predicted molar refractivity (Wildman–Crippen MR) is 117 cm³/mol. The molecule has 1 rings (SSSR count). The van der Waals surface area contributed by atoms with Crippen LogP contribution in [0.5, 0.6) is 0 Å². The molecule has 160 valence electrons. The van der Waals surface area contributed by atoms with Crippen LogP contribution < -0.4 is 5.32 Å². The van der Waals surface area contributed by atoms with Crippen molar-refractivity contribution in [3.8, 4) is 0 Å². The maximum atomic E-state index is 13.3. The van der Waals surface area contributed by atoms with Gasteiger partial charge in [0.25, 0.3) is 11.8 Å². The average Bonchev–Trinajstić information content (AvgIpc) is 2.98. The Bertz CT molecular complexity index is 585. The van der Waals surface area contributed by atoms with Gasteiger partial charge in [-0.2, -0.15) is 12.6 Å². The number of rotatable bonds is 12. The van der Waals surface area contributed by atoms with E-state index in [2.05, 4.69) is 31.8 Å². The van der Waals surface area contributed by atoms with Gasteiger partial charge in [0.2, 0.25) is 5.91 Å². The van der Waals surface area contributed by atoms with Crippen molar-refractivity contribution in [1.29, 1.82) is 0 Å². The van der Waals surface area contributed by atoms with Crippen LogP contribution in [0, 0.1) is 5.41 Å². The highest BCUT2D eigenvalue weighted by molar-refractivity contribution is 7.81. The molecule has 0 fully saturated rings. The summed E-state index contributed by atoms with van der Waals surface area (Å²) in [6, 6.07) is 0.0260. The molecular weight excluding hydrogens is 372 g/mol. The van der Waals surface area contributed by atoms with E-state index in [-0.39, 0.29) is 29.0 Å². The van der Waals surface area contributed by atoms with E-state index in [4.69, 9.17) is 0 Å². The van der Waals surface area contributed by atoms with Gasteiger partial charge in [-0.05, 0) is 39.5 Å². The largest absolute Gasteiger partial charge is 0.352 e. The molecule has 0 bridgehead atoms. The summed E-state index contributed by atoms with van der Waals surface area (Å²) in [5.74, 6) is -0.649. The third kappa shape index (κ3) is 6.10. The number of carbonyl (C=O) groups excluding carboxylic acids is 3. The lowest BCUT2D eigenvalue weighted by molar-refractivity contribution is -0.147. The van der Waals surface area contributed by atoms with E-state index in [0.717, 1.165) is 32.1 Å². The molecule has 1 heterocycles. The number of nitrogens with one attached hydrogen (secondary N) is 1. The molecular formula is C22H38N2O3S. The second-order valence-corrected chi connectivity index (χ2v) is 9.46. The quantitative estimate of drug-likeness (QED) is 0.287. The second kappa shape index (κ2) is 10.5. The van der Waals surface area contributed by atoms with Crippen LogP contribution in [0.1, 0.15) is 86.5 Å². The summed E-state index contributed by atoms with van der Waals surface area (Å²) < 4.78 is 0. The maximum Gasteiger partial charge on any atom is 0.254 e. The molecule has 1 aliphatic heterocycles. The van der Waals surface area contributed by atoms with Gasteiger partial charge in [-0.25, -0.2) is 0 Å². The zero-order chi connectivity index (χ0) is 21.5. The summed E-state index contributed by atoms with van der Waals surface area (Å²) >= 11 is 4.69. The number of unbranched alkanes of at least 4 members (excludes halogenated alkanes) is 2. The summed E-state index contributed by atoms with van der Waals surface area (Å²) in [4.78, 5) is 38.8. The molecule has 1 N–H and O–H groups in total. The molecule has 3 amide bonds. The summed E-state index contributed by atoms with van der Waals surface area (Å²) in [6.07, 6.45) is 8.76. The Morgan fingerprint density at radius 2 is 1.68 bits per heavy atom. The Balaban J connectivity index is 2.93. The van der Waals surface area contributed by atoms with Crippen LogP contribution in [0.3, 0.4) is 0 Å². The third-order valence-electron chi connectivity index (χ3n) is 5.88. The van der Waals surface area contributed by atoms with Gasteiger partial charge in [0.1, 0.15) is 0 Å². The van der Waals surface area contributed by atoms with Crippen molar-refractivity contribution in [3.05, 3.63) is 12.2 Å². The van der Waals surface area contributed by atoms with Crippen LogP contribution in [-0.4, -0.2) is 39.5 Å². The Labute approximate surface area is 176 Å². The van der Waals surface area contributed by atoms with Gasteiger partial charge in [0, 0.05) is 34.4 Å². The first-order valence-corrected chi connectivity index (χ1v) is 11.1. The highest BCUT2D eigenvalue weighted by atomic mass is 32.1. The number of hydrogen-bond acceptors (Lipinski definition) is 4. The van der Waals surface area contributed by atoms with E-state index in [1.54, 1.807) is 0 Å². The van der Waals surface area contributed by atoms with Crippen molar-refractivity contribution in [2.75, 3.05) is 0 Å². The first-order valence-electron chi connectivity index (χ1n) is 10.6. The third-order valence-corrected chi connectivity index (χ3v) is 6.61. The zero-order valence-corrected chi connectivity index (χ0v) is 19.3. The highest BCUT2D eigenvalue weighted by Crippen LogP contribution is 2.37. The number of amides is 3. The van der Waals surface area contributed by atoms with E-state index in [0.29, 0.717) is 12.8 Å². The van der Waals surface area contributed by atoms with Gasteiger partial charge in [-0.3, -0.25) is 19.3 Å². The van der Waals surface area contributed by atoms with Crippen LogP contribution in [0.2, 0.25) is 0 Å². The molecule has 5 nitrogen and oxygen atoms in total. The highest BCUT2D eigenvalue weighted by Gasteiger charge is 2.45. The monoisotopic (exact) mass is 410 g/mol. The lowest BCUT2D eigenvalue weighted by Gasteiger charge is -2.41. The van der Waals surface area contributed by atoms with Gasteiger partial charge in [0.15, 0.2) is 0 Å². The van der Waals surface area contributed by atoms with Crippen molar-refractivity contribution in [3.63, 3.8) is 0 Å². The second-order valence-electron chi connectivity index (χ2n) is 8.80. The van der Waals surface area contributed by atoms with E-state index in [1.807, 2.05) is 27.7 Å². The van der Waals surface area contributed by atoms with Gasteiger partial charge in [-0.1, -0.05) is 47.0 Å². The van der Waals surface area contributed by atoms with Gasteiger partial charge in [0.05, 0.1) is 0 Å². The molecule has 1 aliphatic rings. The fourth-order valence-electron chi connectivity index (χ4n) is 4.00. The summed E-state index contributed by atoms with van der Waals surface area (Å²) in [7, 11) is 0. The molecule has 3 atom stereocenters. The van der Waals surface area contributed by atoms with Crippen LogP contribution in [0.4, 0.5) is 0 Å². The maximum absolute atomic E-state index is 13.3. The first kappa shape index (κ1) is 24.7. The molecule has 28 heavy (non-hydrogen) atoms. The number of nitrogens with zero attached hydrogens (tertiary/aromatic N) is 1. The van der Waals surface area contributed by atoms with Crippen molar-refractivity contribution < 1.29 is 14.4 Å². The first-order chi connectivity index (χ1) is 13.0. The smallest absolute Gasteiger partial charge is 0.254 e. The molecule has 0 aliphatic carbocycles. The molecule has 0 radical (unpaired) electrons. The summed E-state index contributed by atoms with van der Waals surface area (Å²) in [5.41, 5.74) is -1.43. The molecule has 0 saturated carbocycles. The molecule has 0 aromatic rings. The Morgan fingerprint density at radius 3 is 2.14 bits per heavy atom. The Kier molecular flexibility index (Phi) is 9.25. The van der Waals surface area contributed by atoms with Gasteiger partial charge >= 0.3 is 0 Å². The fourth-order valence-corrected chi connectivity index (χ4v) is 4.22. The number of imide groups is 1. The molecule has 6 heteroatoms. The van der Waals surface area contributed by atoms with Crippen molar-refractivity contribution >= 4 is 30.4 Å². The van der Waals surface area contributed by atoms with Crippen molar-refractivity contribution in [1.82, 2.24) is 10.2 Å². The topological polar surface area (TPSA) is 66.5 Å². The minimum absolute atomic E-state index is 0.0240. The zero-order valence-electron chi connectivity index (χ0n) is 18.4. The molecule has 0 saturated heterocycles. The molecule has 0 aromatic carbocycles. The minimum atomic E-state index is -0.747. The Morgan fingerprint density at radius 1 is 1.11 bits per heavy atom. The van der Waals surface area contributed by atoms with Gasteiger partial charge < -0.3 is 5.32 Å². The van der Waals surface area contributed by atoms with Crippen LogP contribution in [-0.2, 0) is 14.4 Å². The SMILES string of the molecule is CCCCCC(NC(=O)C(C)(CC)CC(C)(C)N1C(=O)C=CC1=O)C(S)CC. The summed E-state index contributed by atoms with van der Waals surface area (Å²) in [5, 5.41) is 3.35. The minimum Gasteiger partial charge on any atom is -0.352 e. The number of carbonyl (C=O) groups is 3. The van der Waals surface area contributed by atoms with Crippen LogP contribution in [0.15, 0.2) is 12.2 Å². The van der Waals surface area contributed by atoms with E-state index >= 15 is 0 Å². The molecule has 0 aromatic heterocycles. The van der Waals surface area contributed by atoms with Crippen LogP contribution >= 0.6 is 12.6 Å². The lowest BCUT2D eigenvalue weighted by atomic mass is 9.74. The van der Waals surface area contributed by atoms with E-state index in [9.17, 15) is 14.4 Å². The normalized spacial score (nSPS) is 18.9. The summed E-state index contributed by atoms with van der Waals surface area (Å²) in [6.45, 7) is 11.8. The molecule has 0 spiro atoms. The lowest BCUT2D eigenvalue weighted by Crippen LogP contribution is -2.54. The van der Waals surface area contributed by atoms with Crippen molar-refractivity contribution in [2.45, 2.75) is 103 Å². The van der Waals surface area contributed by atoms with E-state index in [1.165, 1.54) is 17.1 Å². The van der Waals surface area contributed by atoms with Gasteiger partial charge in [-0.15, -0.1) is 0 Å². The standard InChI is InChI=1S/C22H38N2O3S/c1-7-10-11-12-16(17(28)8-2)23-20(27)22(6,9-3)15-21(4,5)24-18(25)13-14-19(24)26/h13-14,16-17,28H,7-12,15H2,1-6H3,(H,23,27). The fraction of sp³-hybridized carbons (Fsp3) is 0.773. The predicted octanol–water partition coefficient (Wildman–Crippen LogP) is 4.27. The Hall–Kier alpha value is -1.30. The van der Waals surface area contributed by atoms with Crippen molar-refractivity contribution in [2.24, 2.45) is 5.41 Å². The number of thiol groups is 1. The van der Waals surface area contributed by atoms with E-state index < -0.39 is 11.0 Å². The average molecular weight is 411 g/mol. The van der Waals surface area contributed by atoms with Crippen LogP contribution in [0.25, 0.3) is 0 Å². The molecule has 3 unspecified atom stereocenters.